The Morgan fingerprint density at radius 1 is 1.64 bits per heavy atom. The van der Waals surface area contributed by atoms with E-state index in [-0.39, 0.29) is 0 Å². The standard InChI is InChI=1S/C11H19N3/c1-3-14-11-6-9(7-12-2)4-5-10(11)8-13-14/h8-9,12H,3-7H2,1-2H3. The van der Waals surface area contributed by atoms with Crippen LogP contribution < -0.4 is 5.32 Å². The highest BCUT2D eigenvalue weighted by Crippen LogP contribution is 2.24. The van der Waals surface area contributed by atoms with Gasteiger partial charge in [0.1, 0.15) is 0 Å². The van der Waals surface area contributed by atoms with Gasteiger partial charge < -0.3 is 5.32 Å². The van der Waals surface area contributed by atoms with Gasteiger partial charge in [0.25, 0.3) is 0 Å². The fourth-order valence-corrected chi connectivity index (χ4v) is 2.37. The lowest BCUT2D eigenvalue weighted by Crippen LogP contribution is -2.25. The average Bonchev–Trinajstić information content (AvgIpc) is 2.60. The van der Waals surface area contributed by atoms with Crippen LogP contribution in [0.25, 0.3) is 0 Å². The van der Waals surface area contributed by atoms with Gasteiger partial charge in [-0.3, -0.25) is 4.68 Å². The van der Waals surface area contributed by atoms with Crippen molar-refractivity contribution in [3.63, 3.8) is 0 Å². The van der Waals surface area contributed by atoms with Gasteiger partial charge in [0, 0.05) is 12.2 Å². The number of hydrogen-bond donors (Lipinski definition) is 1. The molecular formula is C11H19N3. The first-order chi connectivity index (χ1) is 6.85. The van der Waals surface area contributed by atoms with Gasteiger partial charge in [-0.1, -0.05) is 0 Å². The van der Waals surface area contributed by atoms with Crippen molar-refractivity contribution in [2.45, 2.75) is 32.7 Å². The van der Waals surface area contributed by atoms with Crippen LogP contribution in [0.2, 0.25) is 0 Å². The van der Waals surface area contributed by atoms with Crippen molar-refractivity contribution in [2.75, 3.05) is 13.6 Å². The third-order valence-electron chi connectivity index (χ3n) is 3.13. The van der Waals surface area contributed by atoms with E-state index in [1.165, 1.54) is 30.5 Å². The molecule has 0 radical (unpaired) electrons. The molecule has 1 aromatic rings. The molecule has 1 aromatic heterocycles. The van der Waals surface area contributed by atoms with E-state index in [4.69, 9.17) is 0 Å². The number of aromatic nitrogens is 2. The predicted octanol–water partition coefficient (Wildman–Crippen LogP) is 1.23. The molecule has 0 saturated carbocycles. The Bertz CT molecular complexity index is 290. The summed E-state index contributed by atoms with van der Waals surface area (Å²) in [6.45, 7) is 4.30. The molecule has 0 spiro atoms. The Labute approximate surface area is 85.5 Å². The Kier molecular flexibility index (Phi) is 2.87. The Balaban J connectivity index is 2.14. The van der Waals surface area contributed by atoms with Crippen LogP contribution in [0.1, 0.15) is 24.6 Å². The zero-order chi connectivity index (χ0) is 9.97. The largest absolute Gasteiger partial charge is 0.319 e. The molecule has 0 saturated heterocycles. The van der Waals surface area contributed by atoms with Crippen molar-refractivity contribution in [1.29, 1.82) is 0 Å². The molecule has 1 heterocycles. The van der Waals surface area contributed by atoms with Crippen LogP contribution in [-0.2, 0) is 19.4 Å². The number of rotatable bonds is 3. The van der Waals surface area contributed by atoms with Gasteiger partial charge in [0.05, 0.1) is 6.20 Å². The molecule has 78 valence electrons. The van der Waals surface area contributed by atoms with Crippen molar-refractivity contribution in [3.8, 4) is 0 Å². The van der Waals surface area contributed by atoms with Crippen LogP contribution in [0.15, 0.2) is 6.20 Å². The molecule has 0 bridgehead atoms. The van der Waals surface area contributed by atoms with Crippen LogP contribution in [0.4, 0.5) is 0 Å². The maximum atomic E-state index is 4.41. The summed E-state index contributed by atoms with van der Waals surface area (Å²) in [7, 11) is 2.03. The Morgan fingerprint density at radius 2 is 2.50 bits per heavy atom. The first kappa shape index (κ1) is 9.71. The van der Waals surface area contributed by atoms with Crippen molar-refractivity contribution < 1.29 is 0 Å². The quantitative estimate of drug-likeness (QED) is 0.782. The zero-order valence-electron chi connectivity index (χ0n) is 9.08. The minimum Gasteiger partial charge on any atom is -0.319 e. The second-order valence-electron chi connectivity index (χ2n) is 4.10. The van der Waals surface area contributed by atoms with Crippen LogP contribution in [0, 0.1) is 5.92 Å². The lowest BCUT2D eigenvalue weighted by atomic mass is 9.88. The van der Waals surface area contributed by atoms with E-state index >= 15 is 0 Å². The minimum absolute atomic E-state index is 0.800. The summed E-state index contributed by atoms with van der Waals surface area (Å²) < 4.78 is 2.15. The van der Waals surface area contributed by atoms with E-state index in [0.717, 1.165) is 19.0 Å². The topological polar surface area (TPSA) is 29.9 Å². The number of hydrogen-bond acceptors (Lipinski definition) is 2. The van der Waals surface area contributed by atoms with Crippen LogP contribution in [0.3, 0.4) is 0 Å². The normalized spacial score (nSPS) is 20.9. The van der Waals surface area contributed by atoms with Gasteiger partial charge in [0.15, 0.2) is 0 Å². The molecule has 1 atom stereocenters. The lowest BCUT2D eigenvalue weighted by molar-refractivity contribution is 0.422. The maximum absolute atomic E-state index is 4.41. The second kappa shape index (κ2) is 4.13. The van der Waals surface area contributed by atoms with Crippen molar-refractivity contribution in [3.05, 3.63) is 17.5 Å². The van der Waals surface area contributed by atoms with Gasteiger partial charge in [-0.2, -0.15) is 5.10 Å². The van der Waals surface area contributed by atoms with Gasteiger partial charge in [-0.25, -0.2) is 0 Å². The Hall–Kier alpha value is -0.830. The molecule has 14 heavy (non-hydrogen) atoms. The minimum atomic E-state index is 0.800. The first-order valence-corrected chi connectivity index (χ1v) is 5.53. The van der Waals surface area contributed by atoms with Gasteiger partial charge in [-0.15, -0.1) is 0 Å². The fourth-order valence-electron chi connectivity index (χ4n) is 2.37. The lowest BCUT2D eigenvalue weighted by Gasteiger charge is -2.22. The van der Waals surface area contributed by atoms with Crippen molar-refractivity contribution >= 4 is 0 Å². The molecule has 1 unspecified atom stereocenters. The summed E-state index contributed by atoms with van der Waals surface area (Å²) in [5, 5.41) is 7.68. The van der Waals surface area contributed by atoms with Crippen LogP contribution >= 0.6 is 0 Å². The van der Waals surface area contributed by atoms with Crippen molar-refractivity contribution in [2.24, 2.45) is 5.92 Å². The van der Waals surface area contributed by atoms with E-state index in [2.05, 4.69) is 28.2 Å². The number of nitrogens with zero attached hydrogens (tertiary/aromatic N) is 2. The van der Waals surface area contributed by atoms with E-state index in [9.17, 15) is 0 Å². The maximum Gasteiger partial charge on any atom is 0.0524 e. The monoisotopic (exact) mass is 193 g/mol. The molecule has 1 aliphatic carbocycles. The third kappa shape index (κ3) is 1.69. The molecule has 3 heteroatoms. The highest BCUT2D eigenvalue weighted by molar-refractivity contribution is 5.21. The molecule has 1 N–H and O–H groups in total. The Morgan fingerprint density at radius 3 is 3.21 bits per heavy atom. The molecule has 3 nitrogen and oxygen atoms in total. The molecule has 0 amide bonds. The highest BCUT2D eigenvalue weighted by atomic mass is 15.3. The summed E-state index contributed by atoms with van der Waals surface area (Å²) in [5.74, 6) is 0.800. The average molecular weight is 193 g/mol. The summed E-state index contributed by atoms with van der Waals surface area (Å²) in [6.07, 6.45) is 5.77. The van der Waals surface area contributed by atoms with Gasteiger partial charge in [0.2, 0.25) is 0 Å². The van der Waals surface area contributed by atoms with Crippen molar-refractivity contribution in [1.82, 2.24) is 15.1 Å². The van der Waals surface area contributed by atoms with E-state index in [0.29, 0.717) is 0 Å². The summed E-state index contributed by atoms with van der Waals surface area (Å²) in [4.78, 5) is 0. The summed E-state index contributed by atoms with van der Waals surface area (Å²) >= 11 is 0. The number of aryl methyl sites for hydroxylation is 2. The predicted molar refractivity (Wildman–Crippen MR) is 57.3 cm³/mol. The fraction of sp³-hybridized carbons (Fsp3) is 0.727. The van der Waals surface area contributed by atoms with Gasteiger partial charge in [-0.05, 0) is 51.3 Å². The molecule has 0 aliphatic heterocycles. The number of fused-ring (bicyclic) bond motifs is 1. The SMILES string of the molecule is CCn1ncc2c1CC(CNC)CC2. The third-order valence-corrected chi connectivity index (χ3v) is 3.13. The zero-order valence-corrected chi connectivity index (χ0v) is 9.08. The second-order valence-corrected chi connectivity index (χ2v) is 4.10. The molecule has 1 aliphatic rings. The smallest absolute Gasteiger partial charge is 0.0524 e. The van der Waals surface area contributed by atoms with E-state index in [1.807, 2.05) is 7.05 Å². The first-order valence-electron chi connectivity index (χ1n) is 5.53. The number of nitrogens with one attached hydrogen (secondary N) is 1. The van der Waals surface area contributed by atoms with Crippen LogP contribution in [-0.4, -0.2) is 23.4 Å². The van der Waals surface area contributed by atoms with Gasteiger partial charge >= 0.3 is 0 Å². The molecule has 0 aromatic carbocycles. The molecule has 0 fully saturated rings. The molecule has 2 rings (SSSR count). The van der Waals surface area contributed by atoms with E-state index < -0.39 is 0 Å². The highest BCUT2D eigenvalue weighted by Gasteiger charge is 2.21. The molecular weight excluding hydrogens is 174 g/mol. The summed E-state index contributed by atoms with van der Waals surface area (Å²) in [6, 6.07) is 0. The summed E-state index contributed by atoms with van der Waals surface area (Å²) in [5.41, 5.74) is 2.94. The van der Waals surface area contributed by atoms with E-state index in [1.54, 1.807) is 0 Å². The van der Waals surface area contributed by atoms with Crippen LogP contribution in [0.5, 0.6) is 0 Å².